The van der Waals surface area contributed by atoms with E-state index in [0.29, 0.717) is 12.1 Å². The number of carbonyl (C=O) groups is 3. The molecule has 0 spiro atoms. The van der Waals surface area contributed by atoms with Crippen LogP contribution in [-0.4, -0.2) is 61.6 Å². The number of aromatic hydroxyl groups is 1. The number of aryl methyl sites for hydroxylation is 1. The van der Waals surface area contributed by atoms with Gasteiger partial charge >= 0.3 is 0 Å². The second-order valence-corrected chi connectivity index (χ2v) is 12.6. The SMILES string of the molecule is Cc1cccc(CNC(=O)C2N(C(=O)[C@@H](O)[C@H](Cc3ccccc3)NC(=O)c3cccc(O)c3C)CSC2(C)C)c1. The van der Waals surface area contributed by atoms with Crippen LogP contribution in [0, 0.1) is 13.8 Å². The third-order valence-corrected chi connectivity index (χ3v) is 8.80. The van der Waals surface area contributed by atoms with Crippen LogP contribution in [0.4, 0.5) is 0 Å². The Kier molecular flexibility index (Phi) is 9.40. The van der Waals surface area contributed by atoms with Crippen LogP contribution in [0.5, 0.6) is 5.75 Å². The summed E-state index contributed by atoms with van der Waals surface area (Å²) in [5.74, 6) is -1.25. The summed E-state index contributed by atoms with van der Waals surface area (Å²) in [6, 6.07) is 19.9. The Balaban J connectivity index is 1.55. The van der Waals surface area contributed by atoms with E-state index in [2.05, 4.69) is 10.6 Å². The molecule has 4 rings (SSSR count). The van der Waals surface area contributed by atoms with Crippen molar-refractivity contribution in [2.45, 2.75) is 63.6 Å². The highest BCUT2D eigenvalue weighted by molar-refractivity contribution is 8.00. The molecule has 0 bridgehead atoms. The molecule has 0 aliphatic carbocycles. The number of nitrogens with one attached hydrogen (secondary N) is 2. The van der Waals surface area contributed by atoms with Crippen LogP contribution in [-0.2, 0) is 22.6 Å². The molecule has 1 saturated heterocycles. The van der Waals surface area contributed by atoms with Crippen molar-refractivity contribution in [1.29, 1.82) is 0 Å². The predicted octanol–water partition coefficient (Wildman–Crippen LogP) is 3.71. The Morgan fingerprint density at radius 3 is 2.39 bits per heavy atom. The van der Waals surface area contributed by atoms with E-state index >= 15 is 0 Å². The van der Waals surface area contributed by atoms with Gasteiger partial charge in [-0.15, -0.1) is 11.8 Å². The smallest absolute Gasteiger partial charge is 0.254 e. The van der Waals surface area contributed by atoms with Gasteiger partial charge in [0.1, 0.15) is 11.8 Å². The van der Waals surface area contributed by atoms with Crippen molar-refractivity contribution in [3.05, 3.63) is 101 Å². The van der Waals surface area contributed by atoms with Gasteiger partial charge in [0.2, 0.25) is 5.91 Å². The van der Waals surface area contributed by atoms with Crippen molar-refractivity contribution in [2.75, 3.05) is 5.88 Å². The molecule has 41 heavy (non-hydrogen) atoms. The van der Waals surface area contributed by atoms with E-state index in [1.165, 1.54) is 22.7 Å². The second kappa shape index (κ2) is 12.8. The Morgan fingerprint density at radius 2 is 1.68 bits per heavy atom. The van der Waals surface area contributed by atoms with Crippen LogP contribution in [0.2, 0.25) is 0 Å². The maximum absolute atomic E-state index is 13.8. The molecule has 1 unspecified atom stereocenters. The van der Waals surface area contributed by atoms with Crippen molar-refractivity contribution in [2.24, 2.45) is 0 Å². The minimum atomic E-state index is -1.61. The van der Waals surface area contributed by atoms with Gasteiger partial charge in [-0.2, -0.15) is 0 Å². The van der Waals surface area contributed by atoms with Gasteiger partial charge < -0.3 is 25.7 Å². The van der Waals surface area contributed by atoms with Gasteiger partial charge in [0.05, 0.1) is 11.9 Å². The molecular formula is C32H37N3O5S. The minimum Gasteiger partial charge on any atom is -0.508 e. The number of nitrogens with zero attached hydrogens (tertiary/aromatic N) is 1. The molecule has 8 nitrogen and oxygen atoms in total. The summed E-state index contributed by atoms with van der Waals surface area (Å²) >= 11 is 1.46. The highest BCUT2D eigenvalue weighted by atomic mass is 32.2. The number of aliphatic hydroxyl groups excluding tert-OH is 1. The fourth-order valence-electron chi connectivity index (χ4n) is 5.09. The first-order chi connectivity index (χ1) is 19.5. The van der Waals surface area contributed by atoms with Gasteiger partial charge in [-0.1, -0.05) is 66.2 Å². The van der Waals surface area contributed by atoms with Crippen molar-refractivity contribution >= 4 is 29.5 Å². The van der Waals surface area contributed by atoms with E-state index in [-0.39, 0.29) is 29.5 Å². The lowest BCUT2D eigenvalue weighted by atomic mass is 9.96. The Bertz CT molecular complexity index is 1410. The highest BCUT2D eigenvalue weighted by Crippen LogP contribution is 2.40. The molecule has 0 aromatic heterocycles. The van der Waals surface area contributed by atoms with Gasteiger partial charge in [0.25, 0.3) is 11.8 Å². The molecule has 216 valence electrons. The zero-order valence-electron chi connectivity index (χ0n) is 23.8. The molecular weight excluding hydrogens is 538 g/mol. The van der Waals surface area contributed by atoms with E-state index in [1.807, 2.05) is 75.4 Å². The molecule has 3 aromatic carbocycles. The quantitative estimate of drug-likeness (QED) is 0.309. The van der Waals surface area contributed by atoms with Gasteiger partial charge in [-0.3, -0.25) is 14.4 Å². The molecule has 0 radical (unpaired) electrons. The molecule has 0 saturated carbocycles. The van der Waals surface area contributed by atoms with E-state index in [0.717, 1.165) is 16.7 Å². The lowest BCUT2D eigenvalue weighted by Gasteiger charge is -2.33. The Labute approximate surface area is 245 Å². The normalized spacial score (nSPS) is 17.5. The molecule has 3 amide bonds. The summed E-state index contributed by atoms with van der Waals surface area (Å²) < 4.78 is -0.594. The first-order valence-corrected chi connectivity index (χ1v) is 14.6. The Morgan fingerprint density at radius 1 is 1.00 bits per heavy atom. The summed E-state index contributed by atoms with van der Waals surface area (Å²) in [4.78, 5) is 42.0. The van der Waals surface area contributed by atoms with E-state index in [4.69, 9.17) is 0 Å². The zero-order chi connectivity index (χ0) is 29.7. The fraction of sp³-hybridized carbons (Fsp3) is 0.344. The molecule has 1 aliphatic rings. The van der Waals surface area contributed by atoms with E-state index in [1.54, 1.807) is 19.1 Å². The predicted molar refractivity (Wildman–Crippen MR) is 160 cm³/mol. The van der Waals surface area contributed by atoms with Crippen LogP contribution in [0.1, 0.15) is 46.5 Å². The largest absolute Gasteiger partial charge is 0.508 e. The van der Waals surface area contributed by atoms with Crippen LogP contribution < -0.4 is 10.6 Å². The number of rotatable bonds is 9. The number of phenolic OH excluding ortho intramolecular Hbond substituents is 1. The van der Waals surface area contributed by atoms with Crippen LogP contribution in [0.25, 0.3) is 0 Å². The molecule has 9 heteroatoms. The second-order valence-electron chi connectivity index (χ2n) is 11.0. The number of benzene rings is 3. The van der Waals surface area contributed by atoms with Gasteiger partial charge in [-0.25, -0.2) is 0 Å². The van der Waals surface area contributed by atoms with Gasteiger partial charge in [0, 0.05) is 22.4 Å². The molecule has 3 atom stereocenters. The van der Waals surface area contributed by atoms with Crippen molar-refractivity contribution < 1.29 is 24.6 Å². The van der Waals surface area contributed by atoms with E-state index < -0.39 is 34.7 Å². The molecule has 1 aliphatic heterocycles. The third-order valence-electron chi connectivity index (χ3n) is 7.43. The first-order valence-electron chi connectivity index (χ1n) is 13.6. The number of aliphatic hydroxyl groups is 1. The van der Waals surface area contributed by atoms with Crippen LogP contribution in [0.3, 0.4) is 0 Å². The monoisotopic (exact) mass is 575 g/mol. The average molecular weight is 576 g/mol. The number of phenols is 1. The summed E-state index contributed by atoms with van der Waals surface area (Å²) in [6.45, 7) is 7.74. The lowest BCUT2D eigenvalue weighted by Crippen LogP contribution is -2.58. The maximum atomic E-state index is 13.8. The zero-order valence-corrected chi connectivity index (χ0v) is 24.6. The molecule has 3 aromatic rings. The summed E-state index contributed by atoms with van der Waals surface area (Å²) in [5, 5.41) is 27.3. The number of thioether (sulfide) groups is 1. The fourth-order valence-corrected chi connectivity index (χ4v) is 6.23. The van der Waals surface area contributed by atoms with Crippen LogP contribution in [0.15, 0.2) is 72.8 Å². The maximum Gasteiger partial charge on any atom is 0.254 e. The number of hydrogen-bond acceptors (Lipinski definition) is 6. The minimum absolute atomic E-state index is 0.0234. The van der Waals surface area contributed by atoms with Gasteiger partial charge in [0.15, 0.2) is 6.10 Å². The van der Waals surface area contributed by atoms with Crippen molar-refractivity contribution in [3.63, 3.8) is 0 Å². The number of amides is 3. The highest BCUT2D eigenvalue weighted by Gasteiger charge is 2.49. The van der Waals surface area contributed by atoms with Crippen molar-refractivity contribution in [3.8, 4) is 5.75 Å². The molecule has 4 N–H and O–H groups in total. The van der Waals surface area contributed by atoms with Gasteiger partial charge in [-0.05, 0) is 57.4 Å². The number of hydrogen-bond donors (Lipinski definition) is 4. The van der Waals surface area contributed by atoms with Crippen molar-refractivity contribution in [1.82, 2.24) is 15.5 Å². The first kappa shape index (κ1) is 30.1. The summed E-state index contributed by atoms with van der Waals surface area (Å²) in [5.41, 5.74) is 3.50. The number of carbonyl (C=O) groups excluding carboxylic acids is 3. The lowest BCUT2D eigenvalue weighted by molar-refractivity contribution is -0.147. The summed E-state index contributed by atoms with van der Waals surface area (Å²) in [7, 11) is 0. The molecule has 1 fully saturated rings. The average Bonchev–Trinajstić information content (AvgIpc) is 3.27. The topological polar surface area (TPSA) is 119 Å². The summed E-state index contributed by atoms with van der Waals surface area (Å²) in [6.07, 6.45) is -1.43. The standard InChI is InChI=1S/C32H37N3O5S/c1-20-10-8-13-23(16-20)18-33-30(39)28-32(3,4)41-19-35(28)31(40)27(37)25(17-22-11-6-5-7-12-22)34-29(38)24-14-9-15-26(36)21(24)2/h5-16,25,27-28,36-37H,17-19H2,1-4H3,(H,33,39)(H,34,38)/t25-,27-,28?/m0/s1. The van der Waals surface area contributed by atoms with Crippen LogP contribution >= 0.6 is 11.8 Å². The third kappa shape index (κ3) is 7.10. The Hall–Kier alpha value is -3.82. The molecule has 1 heterocycles. The van der Waals surface area contributed by atoms with E-state index in [9.17, 15) is 24.6 Å².